The van der Waals surface area contributed by atoms with Gasteiger partial charge < -0.3 is 15.4 Å². The summed E-state index contributed by atoms with van der Waals surface area (Å²) in [4.78, 5) is 25.5. The van der Waals surface area contributed by atoms with E-state index in [9.17, 15) is 9.59 Å². The molecule has 2 amide bonds. The third-order valence-corrected chi connectivity index (χ3v) is 4.59. The number of ether oxygens (including phenoxy) is 1. The lowest BCUT2D eigenvalue weighted by atomic mass is 10.2. The van der Waals surface area contributed by atoms with Crippen molar-refractivity contribution in [3.63, 3.8) is 0 Å². The average molecular weight is 316 g/mol. The third-order valence-electron chi connectivity index (χ3n) is 3.50. The molecule has 0 aliphatic carbocycles. The van der Waals surface area contributed by atoms with Crippen LogP contribution in [0, 0.1) is 6.92 Å². The maximum Gasteiger partial charge on any atom is 0.265 e. The predicted molar refractivity (Wildman–Crippen MR) is 87.0 cm³/mol. The Hall–Kier alpha value is -2.34. The van der Waals surface area contributed by atoms with Gasteiger partial charge in [0.1, 0.15) is 5.75 Å². The Morgan fingerprint density at radius 3 is 2.95 bits per heavy atom. The summed E-state index contributed by atoms with van der Waals surface area (Å²) in [6, 6.07) is 7.13. The van der Waals surface area contributed by atoms with Crippen molar-refractivity contribution in [2.45, 2.75) is 20.3 Å². The second-order valence-electron chi connectivity index (χ2n) is 5.05. The smallest absolute Gasteiger partial charge is 0.265 e. The highest BCUT2D eigenvalue weighted by molar-refractivity contribution is 7.14. The van der Waals surface area contributed by atoms with Crippen LogP contribution in [-0.4, -0.2) is 18.4 Å². The maximum absolute atomic E-state index is 12.3. The molecule has 0 unspecified atom stereocenters. The van der Waals surface area contributed by atoms with Crippen LogP contribution in [0.15, 0.2) is 24.3 Å². The molecule has 0 radical (unpaired) electrons. The molecule has 5 nitrogen and oxygen atoms in total. The van der Waals surface area contributed by atoms with Gasteiger partial charge >= 0.3 is 0 Å². The van der Waals surface area contributed by atoms with Gasteiger partial charge in [0.15, 0.2) is 6.61 Å². The number of amides is 2. The average Bonchev–Trinajstić information content (AvgIpc) is 2.88. The summed E-state index contributed by atoms with van der Waals surface area (Å²) in [6.07, 6.45) is 0.915. The fourth-order valence-electron chi connectivity index (χ4n) is 2.34. The summed E-state index contributed by atoms with van der Waals surface area (Å²) in [5.41, 5.74) is 2.39. The molecule has 2 heterocycles. The van der Waals surface area contributed by atoms with E-state index in [0.717, 1.165) is 6.42 Å². The number of fused-ring (bicyclic) bond motifs is 1. The lowest BCUT2D eigenvalue weighted by Gasteiger charge is -2.18. The molecular weight excluding hydrogens is 300 g/mol. The van der Waals surface area contributed by atoms with Gasteiger partial charge in [-0.25, -0.2) is 0 Å². The van der Waals surface area contributed by atoms with Crippen LogP contribution in [-0.2, 0) is 11.2 Å². The number of hydrogen-bond donors (Lipinski definition) is 2. The van der Waals surface area contributed by atoms with E-state index in [4.69, 9.17) is 4.74 Å². The Morgan fingerprint density at radius 2 is 2.23 bits per heavy atom. The Bertz CT molecular complexity index is 752. The van der Waals surface area contributed by atoms with Gasteiger partial charge in [-0.2, -0.15) is 0 Å². The molecule has 0 fully saturated rings. The number of carbonyl (C=O) groups is 2. The molecule has 1 aliphatic rings. The van der Waals surface area contributed by atoms with E-state index in [1.165, 1.54) is 21.8 Å². The van der Waals surface area contributed by atoms with E-state index in [-0.39, 0.29) is 18.4 Å². The standard InChI is InChI=1S/C16H16N2O3S/c1-3-10-6-14(22-9(10)2)16(20)17-11-4-5-13-12(7-11)18-15(19)8-21-13/h4-7H,3,8H2,1-2H3,(H,17,20)(H,18,19). The third kappa shape index (κ3) is 2.82. The molecule has 114 valence electrons. The van der Waals surface area contributed by atoms with Crippen molar-refractivity contribution in [2.24, 2.45) is 0 Å². The van der Waals surface area contributed by atoms with Crippen molar-refractivity contribution < 1.29 is 14.3 Å². The van der Waals surface area contributed by atoms with Gasteiger partial charge in [0, 0.05) is 10.6 Å². The maximum atomic E-state index is 12.3. The predicted octanol–water partition coefficient (Wildman–Crippen LogP) is 3.20. The van der Waals surface area contributed by atoms with Crippen molar-refractivity contribution in [3.05, 3.63) is 39.6 Å². The van der Waals surface area contributed by atoms with Gasteiger partial charge in [-0.15, -0.1) is 11.3 Å². The Kier molecular flexibility index (Phi) is 3.85. The lowest BCUT2D eigenvalue weighted by molar-refractivity contribution is -0.118. The van der Waals surface area contributed by atoms with Gasteiger partial charge in [-0.3, -0.25) is 9.59 Å². The molecule has 0 saturated heterocycles. The zero-order valence-corrected chi connectivity index (χ0v) is 13.2. The zero-order chi connectivity index (χ0) is 15.7. The van der Waals surface area contributed by atoms with Crippen molar-refractivity contribution in [1.29, 1.82) is 0 Å². The van der Waals surface area contributed by atoms with Crippen LogP contribution in [0.1, 0.15) is 27.0 Å². The summed E-state index contributed by atoms with van der Waals surface area (Å²) in [6.45, 7) is 4.11. The molecule has 1 aromatic carbocycles. The Morgan fingerprint density at radius 1 is 1.41 bits per heavy atom. The van der Waals surface area contributed by atoms with Gasteiger partial charge in [-0.05, 0) is 43.2 Å². The van der Waals surface area contributed by atoms with E-state index in [0.29, 0.717) is 22.0 Å². The largest absolute Gasteiger partial charge is 0.482 e. The van der Waals surface area contributed by atoms with E-state index in [1.54, 1.807) is 18.2 Å². The summed E-state index contributed by atoms with van der Waals surface area (Å²) >= 11 is 1.49. The molecule has 22 heavy (non-hydrogen) atoms. The van der Waals surface area contributed by atoms with Crippen LogP contribution in [0.3, 0.4) is 0 Å². The number of anilines is 2. The fourth-order valence-corrected chi connectivity index (χ4v) is 3.35. The topological polar surface area (TPSA) is 67.4 Å². The Balaban J connectivity index is 1.79. The minimum atomic E-state index is -0.197. The summed E-state index contributed by atoms with van der Waals surface area (Å²) in [7, 11) is 0. The minimum Gasteiger partial charge on any atom is -0.482 e. The number of hydrogen-bond acceptors (Lipinski definition) is 4. The first-order valence-corrected chi connectivity index (χ1v) is 7.86. The number of carbonyl (C=O) groups excluding carboxylic acids is 2. The number of benzene rings is 1. The van der Waals surface area contributed by atoms with Crippen LogP contribution >= 0.6 is 11.3 Å². The van der Waals surface area contributed by atoms with Crippen molar-refractivity contribution in [1.82, 2.24) is 0 Å². The fraction of sp³-hybridized carbons (Fsp3) is 0.250. The lowest BCUT2D eigenvalue weighted by Crippen LogP contribution is -2.25. The van der Waals surface area contributed by atoms with Crippen molar-refractivity contribution in [2.75, 3.05) is 17.2 Å². The molecule has 1 aromatic heterocycles. The quantitative estimate of drug-likeness (QED) is 0.914. The Labute approximate surface area is 132 Å². The summed E-state index contributed by atoms with van der Waals surface area (Å²) in [5, 5.41) is 5.58. The first kappa shape index (κ1) is 14.6. The van der Waals surface area contributed by atoms with Gasteiger partial charge in [0.25, 0.3) is 11.8 Å². The van der Waals surface area contributed by atoms with Crippen LogP contribution in [0.5, 0.6) is 5.75 Å². The molecule has 2 aromatic rings. The zero-order valence-electron chi connectivity index (χ0n) is 12.4. The van der Waals surface area contributed by atoms with E-state index < -0.39 is 0 Å². The van der Waals surface area contributed by atoms with Crippen LogP contribution in [0.25, 0.3) is 0 Å². The molecule has 0 atom stereocenters. The number of rotatable bonds is 3. The SMILES string of the molecule is CCc1cc(C(=O)Nc2ccc3c(c2)NC(=O)CO3)sc1C. The molecule has 2 N–H and O–H groups in total. The normalized spacial score (nSPS) is 13.1. The van der Waals surface area contributed by atoms with Gasteiger partial charge in [0.2, 0.25) is 0 Å². The molecule has 0 saturated carbocycles. The first-order valence-electron chi connectivity index (χ1n) is 7.04. The summed E-state index contributed by atoms with van der Waals surface area (Å²) < 4.78 is 5.29. The van der Waals surface area contributed by atoms with Crippen LogP contribution < -0.4 is 15.4 Å². The van der Waals surface area contributed by atoms with E-state index >= 15 is 0 Å². The highest BCUT2D eigenvalue weighted by Crippen LogP contribution is 2.31. The highest BCUT2D eigenvalue weighted by Gasteiger charge is 2.17. The second-order valence-corrected chi connectivity index (χ2v) is 6.30. The number of aryl methyl sites for hydroxylation is 2. The highest BCUT2D eigenvalue weighted by atomic mass is 32.1. The number of thiophene rings is 1. The minimum absolute atomic E-state index is 0.0208. The molecule has 0 bridgehead atoms. The molecule has 6 heteroatoms. The molecule has 1 aliphatic heterocycles. The first-order chi connectivity index (χ1) is 10.6. The van der Waals surface area contributed by atoms with Gasteiger partial charge in [0.05, 0.1) is 10.6 Å². The van der Waals surface area contributed by atoms with E-state index in [1.807, 2.05) is 13.0 Å². The van der Waals surface area contributed by atoms with Gasteiger partial charge in [-0.1, -0.05) is 6.92 Å². The summed E-state index contributed by atoms with van der Waals surface area (Å²) in [5.74, 6) is 0.270. The van der Waals surface area contributed by atoms with E-state index in [2.05, 4.69) is 17.6 Å². The number of nitrogens with one attached hydrogen (secondary N) is 2. The van der Waals surface area contributed by atoms with Crippen molar-refractivity contribution in [3.8, 4) is 5.75 Å². The molecule has 0 spiro atoms. The molecule has 3 rings (SSSR count). The monoisotopic (exact) mass is 316 g/mol. The second kappa shape index (κ2) is 5.81. The van der Waals surface area contributed by atoms with Crippen LogP contribution in [0.2, 0.25) is 0 Å². The molecular formula is C16H16N2O3S. The van der Waals surface area contributed by atoms with Crippen LogP contribution in [0.4, 0.5) is 11.4 Å². The van der Waals surface area contributed by atoms with Crippen molar-refractivity contribution >= 4 is 34.5 Å².